The van der Waals surface area contributed by atoms with Crippen LogP contribution in [0.4, 0.5) is 45.5 Å². The highest BCUT2D eigenvalue weighted by molar-refractivity contribution is 6.99. The maximum Gasteiger partial charge on any atom is 0.256 e. The molecule has 2 aliphatic carbocycles. The van der Waals surface area contributed by atoms with Crippen molar-refractivity contribution in [2.24, 2.45) is 0 Å². The second-order valence-corrected chi connectivity index (χ2v) is 28.8. The molecule has 2 aliphatic heterocycles. The Morgan fingerprint density at radius 2 is 0.959 bits per heavy atom. The van der Waals surface area contributed by atoms with Crippen LogP contribution >= 0.6 is 0 Å². The Kier molecular flexibility index (Phi) is 15.0. The molecular formula is C93H76BN3O. The van der Waals surface area contributed by atoms with E-state index < -0.39 is 0 Å². The number of hydrogen-bond acceptors (Lipinski definition) is 4. The van der Waals surface area contributed by atoms with Crippen LogP contribution in [0.3, 0.4) is 0 Å². The minimum Gasteiger partial charge on any atom is -0.458 e. The highest BCUT2D eigenvalue weighted by Crippen LogP contribution is 2.59. The molecule has 0 saturated carbocycles. The second-order valence-electron chi connectivity index (χ2n) is 28.8. The monoisotopic (exact) mass is 1260 g/mol. The Hall–Kier alpha value is -11.4. The van der Waals surface area contributed by atoms with E-state index in [0.29, 0.717) is 0 Å². The average Bonchev–Trinajstić information content (AvgIpc) is 0.856. The molecule has 0 aromatic heterocycles. The number of anilines is 8. The van der Waals surface area contributed by atoms with Gasteiger partial charge in [0, 0.05) is 68.6 Å². The number of rotatable bonds is 12. The maximum absolute atomic E-state index is 7.75. The molecule has 0 saturated heterocycles. The fraction of sp³-hybridized carbons (Fsp3) is 0.118. The van der Waals surface area contributed by atoms with Crippen molar-refractivity contribution >= 4 is 68.6 Å². The number of hydrogen-bond donors (Lipinski definition) is 1. The molecule has 0 radical (unpaired) electrons. The maximum atomic E-state index is 7.75. The third kappa shape index (κ3) is 10.7. The normalized spacial score (nSPS) is 14.9. The van der Waals surface area contributed by atoms with Gasteiger partial charge in [0.15, 0.2) is 0 Å². The second kappa shape index (κ2) is 24.4. The van der Waals surface area contributed by atoms with Gasteiger partial charge in [0.25, 0.3) is 6.71 Å². The summed E-state index contributed by atoms with van der Waals surface area (Å²) in [4.78, 5) is 5.12. The van der Waals surface area contributed by atoms with Crippen LogP contribution in [0.25, 0.3) is 55.6 Å². The van der Waals surface area contributed by atoms with Crippen LogP contribution in [0.1, 0.15) is 87.6 Å². The van der Waals surface area contributed by atoms with E-state index in [9.17, 15) is 0 Å². The molecule has 472 valence electrons. The van der Waals surface area contributed by atoms with Crippen molar-refractivity contribution in [2.45, 2.75) is 70.6 Å². The molecule has 2 unspecified atom stereocenters. The van der Waals surface area contributed by atoms with E-state index >= 15 is 0 Å². The van der Waals surface area contributed by atoms with Gasteiger partial charge in [0.05, 0.1) is 17.1 Å². The molecule has 4 nitrogen and oxygen atoms in total. The van der Waals surface area contributed by atoms with Crippen molar-refractivity contribution < 1.29 is 4.74 Å². The lowest BCUT2D eigenvalue weighted by atomic mass is 9.34. The first-order valence-corrected chi connectivity index (χ1v) is 34.6. The first-order valence-electron chi connectivity index (χ1n) is 34.6. The first kappa shape index (κ1) is 60.3. The van der Waals surface area contributed by atoms with E-state index in [1.54, 1.807) is 0 Å². The molecule has 0 fully saturated rings. The summed E-state index contributed by atoms with van der Waals surface area (Å²) in [5, 5.41) is 4.09. The molecule has 4 aliphatic rings. The molecule has 5 heteroatoms. The van der Waals surface area contributed by atoms with E-state index in [1.807, 2.05) is 0 Å². The lowest BCUT2D eigenvalue weighted by Crippen LogP contribution is -2.59. The van der Waals surface area contributed by atoms with E-state index in [-0.39, 0.29) is 29.4 Å². The van der Waals surface area contributed by atoms with Crippen molar-refractivity contribution in [2.75, 3.05) is 15.1 Å². The van der Waals surface area contributed by atoms with E-state index in [4.69, 9.17) is 4.74 Å². The van der Waals surface area contributed by atoms with Gasteiger partial charge in [-0.25, -0.2) is 0 Å². The van der Waals surface area contributed by atoms with Crippen molar-refractivity contribution in [3.8, 4) is 67.1 Å². The van der Waals surface area contributed by atoms with Crippen LogP contribution in [0.2, 0.25) is 0 Å². The fourth-order valence-electron chi connectivity index (χ4n) is 15.9. The molecule has 0 amide bonds. The predicted octanol–water partition coefficient (Wildman–Crippen LogP) is 23.4. The van der Waals surface area contributed by atoms with Gasteiger partial charge in [-0.2, -0.15) is 0 Å². The lowest BCUT2D eigenvalue weighted by molar-refractivity contribution is 0.488. The summed E-state index contributed by atoms with van der Waals surface area (Å²) in [5.41, 5.74) is 30.9. The van der Waals surface area contributed by atoms with Crippen molar-refractivity contribution in [1.82, 2.24) is 0 Å². The summed E-state index contributed by atoms with van der Waals surface area (Å²) < 4.78 is 7.75. The number of nitrogens with zero attached hydrogens (tertiary/aromatic N) is 2. The number of benzene rings is 13. The van der Waals surface area contributed by atoms with Crippen LogP contribution in [-0.2, 0) is 10.8 Å². The molecule has 13 aromatic carbocycles. The molecular weight excluding hydrogens is 1190 g/mol. The van der Waals surface area contributed by atoms with Gasteiger partial charge in [-0.05, 0) is 149 Å². The number of allylic oxidation sites excluding steroid dienone is 4. The minimum atomic E-state index is -0.220. The molecule has 98 heavy (non-hydrogen) atoms. The Bertz CT molecular complexity index is 5190. The van der Waals surface area contributed by atoms with Gasteiger partial charge in [0.2, 0.25) is 0 Å². The number of fused-ring (bicyclic) bond motifs is 7. The third-order valence-corrected chi connectivity index (χ3v) is 20.7. The zero-order chi connectivity index (χ0) is 66.2. The van der Waals surface area contributed by atoms with Gasteiger partial charge >= 0.3 is 0 Å². The highest BCUT2D eigenvalue weighted by atomic mass is 16.5. The lowest BCUT2D eigenvalue weighted by Gasteiger charge is -2.42. The largest absolute Gasteiger partial charge is 0.458 e. The smallest absolute Gasteiger partial charge is 0.256 e. The van der Waals surface area contributed by atoms with E-state index in [2.05, 4.69) is 378 Å². The number of ether oxygens (including phenoxy) is 1. The number of para-hydroxylation sites is 3. The molecule has 17 rings (SSSR count). The Labute approximate surface area is 577 Å². The van der Waals surface area contributed by atoms with Crippen molar-refractivity contribution in [3.05, 3.63) is 355 Å². The SMILES string of the molecule is CC(C)(C)c1ccc(N(c2ccc(C(C)(C)C)cc2)c2cc3c4c(c2)N(c2c(-c5cccc(-c6ccccc6)c5Nc5ccccc5)cccc2-c2cccc5c2C(c2ccccc2)C2=CC=CCC25)c2cc(-c5ccccc5)ccc2B4c2ccc(-c4ccccc4)cc2O3)cc1. The topological polar surface area (TPSA) is 27.7 Å². The highest BCUT2D eigenvalue weighted by Gasteiger charge is 2.45. The van der Waals surface area contributed by atoms with E-state index in [1.165, 1.54) is 44.4 Å². The fourth-order valence-corrected chi connectivity index (χ4v) is 15.9. The number of nitrogens with one attached hydrogen (secondary N) is 1. The van der Waals surface area contributed by atoms with Crippen LogP contribution in [0.15, 0.2) is 327 Å². The minimum absolute atomic E-state index is 0.0259. The molecule has 13 aromatic rings. The van der Waals surface area contributed by atoms with Crippen LogP contribution < -0.4 is 36.2 Å². The van der Waals surface area contributed by atoms with Gasteiger partial charge in [-0.15, -0.1) is 0 Å². The first-order chi connectivity index (χ1) is 47.9. The zero-order valence-corrected chi connectivity index (χ0v) is 56.3. The van der Waals surface area contributed by atoms with E-state index in [0.717, 1.165) is 124 Å². The Morgan fingerprint density at radius 3 is 1.58 bits per heavy atom. The summed E-state index contributed by atoms with van der Waals surface area (Å²) in [6.07, 6.45) is 8.00. The quantitative estimate of drug-likeness (QED) is 0.123. The van der Waals surface area contributed by atoms with Gasteiger partial charge in [0.1, 0.15) is 11.5 Å². The van der Waals surface area contributed by atoms with Gasteiger partial charge < -0.3 is 19.9 Å². The molecule has 0 bridgehead atoms. The summed E-state index contributed by atoms with van der Waals surface area (Å²) in [6, 6.07) is 113. The third-order valence-electron chi connectivity index (χ3n) is 20.7. The predicted molar refractivity (Wildman–Crippen MR) is 414 cm³/mol. The van der Waals surface area contributed by atoms with Crippen LogP contribution in [0.5, 0.6) is 11.5 Å². The van der Waals surface area contributed by atoms with Gasteiger partial charge in [-0.1, -0.05) is 308 Å². The standard InChI is InChI=1S/C93H76BN3O/c1-92(2,3)67-47-51-70(52-48-67)96(71-53-49-68(50-54-71)93(4,5)6)72-59-84-89-86(60-72)98-85-58-66(62-29-14-8-15-30-62)46-56-82(85)94(89)81-55-45-65(61-27-12-7-13-28-61)57-83(81)97(84)91-79(77-41-25-40-76-74-37-22-23-38-75(74)87(88(76)77)64-33-18-10-19-34-64)43-26-44-80(91)78-42-24-39-73(63-31-16-9-17-32-63)90(78)95-69-35-20-11-21-36-69/h7-36,38-60,74,87,95H,37H2,1-6H3. The van der Waals surface area contributed by atoms with Crippen LogP contribution in [0, 0.1) is 0 Å². The van der Waals surface area contributed by atoms with Crippen molar-refractivity contribution in [3.63, 3.8) is 0 Å². The molecule has 2 atom stereocenters. The van der Waals surface area contributed by atoms with Gasteiger partial charge in [-0.3, -0.25) is 0 Å². The van der Waals surface area contributed by atoms with Crippen LogP contribution in [-0.4, -0.2) is 6.71 Å². The summed E-state index contributed by atoms with van der Waals surface area (Å²) in [5.74, 6) is 1.93. The summed E-state index contributed by atoms with van der Waals surface area (Å²) >= 11 is 0. The summed E-state index contributed by atoms with van der Waals surface area (Å²) in [6.45, 7) is 13.5. The molecule has 2 heterocycles. The zero-order valence-electron chi connectivity index (χ0n) is 56.3. The molecule has 1 N–H and O–H groups in total. The average molecular weight is 1260 g/mol. The summed E-state index contributed by atoms with van der Waals surface area (Å²) in [7, 11) is 0. The van der Waals surface area contributed by atoms with Crippen molar-refractivity contribution in [1.29, 1.82) is 0 Å². The Balaban J connectivity index is 1.02. The molecule has 0 spiro atoms. The Morgan fingerprint density at radius 1 is 0.429 bits per heavy atom.